The molecule has 1 rings (SSSR count). The molecule has 0 aliphatic carbocycles. The van der Waals surface area contributed by atoms with Crippen molar-refractivity contribution in [1.82, 2.24) is 9.91 Å². The summed E-state index contributed by atoms with van der Waals surface area (Å²) in [6.07, 6.45) is 2.02. The zero-order chi connectivity index (χ0) is 9.14. The van der Waals surface area contributed by atoms with Crippen LogP contribution < -0.4 is 5.84 Å². The van der Waals surface area contributed by atoms with E-state index in [1.165, 1.54) is 5.01 Å². The third kappa shape index (κ3) is 1.73. The normalized spacial score (nSPS) is 17.8. The van der Waals surface area contributed by atoms with E-state index >= 15 is 0 Å². The second-order valence-corrected chi connectivity index (χ2v) is 3.17. The molecule has 1 amide bonds. The zero-order valence-electron chi connectivity index (χ0n) is 7.12. The van der Waals surface area contributed by atoms with Gasteiger partial charge in [0, 0.05) is 6.54 Å². The first-order valence-electron chi connectivity index (χ1n) is 4.03. The van der Waals surface area contributed by atoms with Crippen molar-refractivity contribution in [3.63, 3.8) is 0 Å². The van der Waals surface area contributed by atoms with E-state index in [4.69, 9.17) is 18.1 Å². The lowest BCUT2D eigenvalue weighted by molar-refractivity contribution is -0.125. The first-order valence-corrected chi connectivity index (χ1v) is 4.44. The molecule has 5 heteroatoms. The van der Waals surface area contributed by atoms with Crippen molar-refractivity contribution in [2.24, 2.45) is 5.84 Å². The van der Waals surface area contributed by atoms with Crippen molar-refractivity contribution in [3.05, 3.63) is 0 Å². The Kier molecular flexibility index (Phi) is 2.99. The number of carbonyl (C=O) groups excluding carboxylic acids is 1. The van der Waals surface area contributed by atoms with Crippen LogP contribution in [0.3, 0.4) is 0 Å². The number of hydrazine groups is 1. The first kappa shape index (κ1) is 9.41. The monoisotopic (exact) mass is 187 g/mol. The quantitative estimate of drug-likeness (QED) is 0.502. The molecule has 2 N–H and O–H groups in total. The highest BCUT2D eigenvalue weighted by molar-refractivity contribution is 7.80. The van der Waals surface area contributed by atoms with Crippen LogP contribution in [-0.4, -0.2) is 34.0 Å². The highest BCUT2D eigenvalue weighted by Crippen LogP contribution is 2.07. The summed E-state index contributed by atoms with van der Waals surface area (Å²) in [5.41, 5.74) is 0. The maximum absolute atomic E-state index is 11.2. The average Bonchev–Trinajstić information content (AvgIpc) is 2.25. The Balaban J connectivity index is 2.52. The fourth-order valence-electron chi connectivity index (χ4n) is 1.10. The molecular weight excluding hydrogens is 174 g/mol. The molecule has 0 bridgehead atoms. The molecule has 12 heavy (non-hydrogen) atoms. The van der Waals surface area contributed by atoms with E-state index in [1.54, 1.807) is 4.90 Å². The highest BCUT2D eigenvalue weighted by atomic mass is 32.1. The fraction of sp³-hybridized carbons (Fsp3) is 0.714. The molecule has 1 fully saturated rings. The molecule has 0 radical (unpaired) electrons. The molecule has 1 saturated heterocycles. The van der Waals surface area contributed by atoms with Gasteiger partial charge in [-0.1, -0.05) is 13.3 Å². The maximum atomic E-state index is 11.2. The van der Waals surface area contributed by atoms with Gasteiger partial charge in [-0.05, 0) is 18.6 Å². The number of nitrogens with two attached hydrogens (primary N) is 1. The number of nitrogens with zero attached hydrogens (tertiary/aromatic N) is 2. The van der Waals surface area contributed by atoms with E-state index < -0.39 is 0 Å². The van der Waals surface area contributed by atoms with Crippen LogP contribution in [0.1, 0.15) is 19.8 Å². The van der Waals surface area contributed by atoms with Gasteiger partial charge in [-0.25, -0.2) is 5.84 Å². The van der Waals surface area contributed by atoms with Crippen molar-refractivity contribution in [2.45, 2.75) is 19.8 Å². The zero-order valence-corrected chi connectivity index (χ0v) is 7.93. The van der Waals surface area contributed by atoms with Crippen LogP contribution in [0.2, 0.25) is 0 Å². The van der Waals surface area contributed by atoms with E-state index in [1.807, 2.05) is 0 Å². The summed E-state index contributed by atoms with van der Waals surface area (Å²) in [6.45, 7) is 2.99. The second-order valence-electron chi connectivity index (χ2n) is 2.81. The Morgan fingerprint density at radius 1 is 1.67 bits per heavy atom. The van der Waals surface area contributed by atoms with Gasteiger partial charge in [0.2, 0.25) is 5.91 Å². The molecule has 0 saturated carbocycles. The summed E-state index contributed by atoms with van der Waals surface area (Å²) < 4.78 is 0. The lowest BCUT2D eigenvalue weighted by atomic mass is 10.3. The van der Waals surface area contributed by atoms with Crippen LogP contribution in [0, 0.1) is 0 Å². The molecule has 0 unspecified atom stereocenters. The number of rotatable bonds is 3. The standard InChI is InChI=1S/C7H13N3OS/c1-2-3-4-9-6(11)5-10(8)7(9)12/h2-5,8H2,1H3. The van der Waals surface area contributed by atoms with Crippen molar-refractivity contribution in [1.29, 1.82) is 0 Å². The van der Waals surface area contributed by atoms with Crippen LogP contribution in [0.15, 0.2) is 0 Å². The molecule has 0 spiro atoms. The van der Waals surface area contributed by atoms with Crippen LogP contribution in [0.4, 0.5) is 0 Å². The van der Waals surface area contributed by atoms with Gasteiger partial charge in [0.15, 0.2) is 5.11 Å². The molecule has 1 heterocycles. The molecule has 68 valence electrons. The van der Waals surface area contributed by atoms with Gasteiger partial charge in [-0.2, -0.15) is 0 Å². The minimum absolute atomic E-state index is 0.0101. The first-order chi connectivity index (χ1) is 5.66. The van der Waals surface area contributed by atoms with Gasteiger partial charge >= 0.3 is 0 Å². The van der Waals surface area contributed by atoms with E-state index in [0.29, 0.717) is 11.7 Å². The number of carbonyl (C=O) groups is 1. The van der Waals surface area contributed by atoms with E-state index in [-0.39, 0.29) is 12.5 Å². The van der Waals surface area contributed by atoms with E-state index in [9.17, 15) is 4.79 Å². The van der Waals surface area contributed by atoms with Crippen LogP contribution >= 0.6 is 12.2 Å². The van der Waals surface area contributed by atoms with Gasteiger partial charge in [-0.3, -0.25) is 14.7 Å². The topological polar surface area (TPSA) is 49.6 Å². The SMILES string of the molecule is CCCCN1C(=O)CN(N)C1=S. The summed E-state index contributed by atoms with van der Waals surface area (Å²) in [5.74, 6) is 5.47. The molecule has 1 aliphatic heterocycles. The molecule has 0 aromatic heterocycles. The molecule has 4 nitrogen and oxygen atoms in total. The lowest BCUT2D eigenvalue weighted by Crippen LogP contribution is -2.36. The minimum Gasteiger partial charge on any atom is -0.286 e. The number of unbranched alkanes of at least 4 members (excludes halogenated alkanes) is 1. The van der Waals surface area contributed by atoms with E-state index in [2.05, 4.69) is 6.92 Å². The predicted molar refractivity (Wildman–Crippen MR) is 50.1 cm³/mol. The van der Waals surface area contributed by atoms with Crippen molar-refractivity contribution in [2.75, 3.05) is 13.1 Å². The molecule has 0 aromatic rings. The number of hydrogen-bond acceptors (Lipinski definition) is 3. The number of hydrogen-bond donors (Lipinski definition) is 1. The summed E-state index contributed by atoms with van der Waals surface area (Å²) >= 11 is 4.96. The van der Waals surface area contributed by atoms with E-state index in [0.717, 1.165) is 12.8 Å². The average molecular weight is 187 g/mol. The summed E-state index contributed by atoms with van der Waals surface area (Å²) in [7, 11) is 0. The van der Waals surface area contributed by atoms with Gasteiger partial charge in [0.1, 0.15) is 6.54 Å². The Hall–Kier alpha value is -0.680. The summed E-state index contributed by atoms with van der Waals surface area (Å²) in [6, 6.07) is 0. The van der Waals surface area contributed by atoms with Gasteiger partial charge in [0.05, 0.1) is 0 Å². The number of amides is 1. The third-order valence-corrected chi connectivity index (χ3v) is 2.27. The predicted octanol–water partition coefficient (Wildman–Crippen LogP) is 0.0893. The fourth-order valence-corrected chi connectivity index (χ4v) is 1.35. The molecular formula is C7H13N3OS. The minimum atomic E-state index is 0.0101. The Morgan fingerprint density at radius 3 is 2.75 bits per heavy atom. The van der Waals surface area contributed by atoms with Gasteiger partial charge in [0.25, 0.3) is 0 Å². The van der Waals surface area contributed by atoms with Gasteiger partial charge in [-0.15, -0.1) is 0 Å². The van der Waals surface area contributed by atoms with Crippen molar-refractivity contribution >= 4 is 23.2 Å². The maximum Gasteiger partial charge on any atom is 0.250 e. The highest BCUT2D eigenvalue weighted by Gasteiger charge is 2.29. The third-order valence-electron chi connectivity index (χ3n) is 1.82. The molecule has 0 atom stereocenters. The number of thiocarbonyl (C=S) groups is 1. The Bertz CT molecular complexity index is 207. The largest absolute Gasteiger partial charge is 0.286 e. The van der Waals surface area contributed by atoms with Crippen molar-refractivity contribution < 1.29 is 4.79 Å². The lowest BCUT2D eigenvalue weighted by Gasteiger charge is -2.15. The molecule has 1 aliphatic rings. The summed E-state index contributed by atoms with van der Waals surface area (Å²) in [5, 5.41) is 1.77. The Labute approximate surface area is 77.3 Å². The summed E-state index contributed by atoms with van der Waals surface area (Å²) in [4.78, 5) is 12.8. The Morgan fingerprint density at radius 2 is 2.33 bits per heavy atom. The van der Waals surface area contributed by atoms with Crippen LogP contribution in [-0.2, 0) is 4.79 Å². The van der Waals surface area contributed by atoms with Crippen molar-refractivity contribution in [3.8, 4) is 0 Å². The van der Waals surface area contributed by atoms with Gasteiger partial charge < -0.3 is 0 Å². The molecule has 0 aromatic carbocycles. The second kappa shape index (κ2) is 3.82. The van der Waals surface area contributed by atoms with Crippen LogP contribution in [0.25, 0.3) is 0 Å². The smallest absolute Gasteiger partial charge is 0.250 e. The van der Waals surface area contributed by atoms with Crippen LogP contribution in [0.5, 0.6) is 0 Å².